The molecule has 0 aliphatic heterocycles. The van der Waals surface area contributed by atoms with Crippen molar-refractivity contribution >= 4 is 34.8 Å². The minimum atomic E-state index is -0.198. The highest BCUT2D eigenvalue weighted by Gasteiger charge is 2.11. The molecule has 0 fully saturated rings. The summed E-state index contributed by atoms with van der Waals surface area (Å²) in [7, 11) is 3.08. The van der Waals surface area contributed by atoms with Crippen LogP contribution in [-0.2, 0) is 6.42 Å². The zero-order valence-electron chi connectivity index (χ0n) is 14.3. The third-order valence-electron chi connectivity index (χ3n) is 3.84. The predicted octanol–water partition coefficient (Wildman–Crippen LogP) is 3.63. The summed E-state index contributed by atoms with van der Waals surface area (Å²) in [4.78, 5) is 16.8. The van der Waals surface area contributed by atoms with E-state index in [0.29, 0.717) is 45.7 Å². The molecule has 0 spiro atoms. The van der Waals surface area contributed by atoms with Gasteiger partial charge in [-0.25, -0.2) is 4.98 Å². The number of benzene rings is 1. The van der Waals surface area contributed by atoms with Gasteiger partial charge in [-0.1, -0.05) is 23.2 Å². The molecule has 1 amide bonds. The van der Waals surface area contributed by atoms with Crippen LogP contribution in [0.15, 0.2) is 36.7 Å². The van der Waals surface area contributed by atoms with E-state index in [-0.39, 0.29) is 5.91 Å². The van der Waals surface area contributed by atoms with Gasteiger partial charge in [-0.3, -0.25) is 4.79 Å². The Balaban J connectivity index is 1.64. The van der Waals surface area contributed by atoms with Crippen molar-refractivity contribution in [3.8, 4) is 11.5 Å². The number of hydrogen-bond donors (Lipinski definition) is 1. The number of nitrogens with zero attached hydrogens (tertiary/aromatic N) is 2. The minimum absolute atomic E-state index is 0.198. The van der Waals surface area contributed by atoms with E-state index in [1.165, 1.54) is 7.11 Å². The van der Waals surface area contributed by atoms with Gasteiger partial charge in [0.15, 0.2) is 17.1 Å². The summed E-state index contributed by atoms with van der Waals surface area (Å²) < 4.78 is 12.2. The average molecular weight is 394 g/mol. The Labute approximate surface area is 160 Å². The number of aromatic nitrogens is 2. The van der Waals surface area contributed by atoms with Gasteiger partial charge in [-0.2, -0.15) is 0 Å². The van der Waals surface area contributed by atoms with Crippen molar-refractivity contribution in [1.82, 2.24) is 14.7 Å². The number of imidazole rings is 1. The Kier molecular flexibility index (Phi) is 5.54. The highest BCUT2D eigenvalue weighted by molar-refractivity contribution is 6.36. The number of carbonyl (C=O) groups is 1. The summed E-state index contributed by atoms with van der Waals surface area (Å²) in [5, 5.41) is 3.88. The number of fused-ring (bicyclic) bond motifs is 1. The van der Waals surface area contributed by atoms with E-state index in [9.17, 15) is 4.79 Å². The van der Waals surface area contributed by atoms with Crippen molar-refractivity contribution in [2.75, 3.05) is 20.8 Å². The van der Waals surface area contributed by atoms with Crippen LogP contribution in [0.2, 0.25) is 10.0 Å². The van der Waals surface area contributed by atoms with Gasteiger partial charge >= 0.3 is 0 Å². The molecule has 3 aromatic rings. The topological polar surface area (TPSA) is 64.9 Å². The van der Waals surface area contributed by atoms with E-state index < -0.39 is 0 Å². The van der Waals surface area contributed by atoms with Gasteiger partial charge < -0.3 is 19.2 Å². The van der Waals surface area contributed by atoms with Crippen LogP contribution in [0.5, 0.6) is 11.5 Å². The Morgan fingerprint density at radius 2 is 1.92 bits per heavy atom. The van der Waals surface area contributed by atoms with Crippen molar-refractivity contribution in [1.29, 1.82) is 0 Å². The molecule has 3 rings (SSSR count). The van der Waals surface area contributed by atoms with Gasteiger partial charge in [0.05, 0.1) is 30.0 Å². The summed E-state index contributed by atoms with van der Waals surface area (Å²) >= 11 is 12.1. The van der Waals surface area contributed by atoms with Gasteiger partial charge in [0.1, 0.15) is 0 Å². The number of amides is 1. The quantitative estimate of drug-likeness (QED) is 0.694. The molecule has 2 heterocycles. The van der Waals surface area contributed by atoms with E-state index in [0.717, 1.165) is 5.69 Å². The monoisotopic (exact) mass is 393 g/mol. The summed E-state index contributed by atoms with van der Waals surface area (Å²) in [5.74, 6) is 0.882. The van der Waals surface area contributed by atoms with Gasteiger partial charge in [0.25, 0.3) is 5.91 Å². The lowest BCUT2D eigenvalue weighted by Crippen LogP contribution is -2.25. The highest BCUT2D eigenvalue weighted by Crippen LogP contribution is 2.27. The summed E-state index contributed by atoms with van der Waals surface area (Å²) in [6.07, 6.45) is 4.14. The Bertz CT molecular complexity index is 956. The second-order valence-electron chi connectivity index (χ2n) is 5.55. The number of rotatable bonds is 6. The zero-order valence-corrected chi connectivity index (χ0v) is 15.8. The fraction of sp³-hybridized carbons (Fsp3) is 0.222. The molecule has 8 heteroatoms. The second kappa shape index (κ2) is 7.85. The Morgan fingerprint density at radius 1 is 1.15 bits per heavy atom. The smallest absolute Gasteiger partial charge is 0.251 e. The van der Waals surface area contributed by atoms with Crippen LogP contribution in [0.4, 0.5) is 0 Å². The van der Waals surface area contributed by atoms with E-state index in [4.69, 9.17) is 32.7 Å². The first-order chi connectivity index (χ1) is 12.5. The molecule has 0 atom stereocenters. The number of pyridine rings is 1. The molecule has 0 saturated heterocycles. The predicted molar refractivity (Wildman–Crippen MR) is 101 cm³/mol. The highest BCUT2D eigenvalue weighted by atomic mass is 35.5. The van der Waals surface area contributed by atoms with Crippen LogP contribution in [0.1, 0.15) is 16.1 Å². The maximum absolute atomic E-state index is 12.3. The van der Waals surface area contributed by atoms with Gasteiger partial charge in [0.2, 0.25) is 0 Å². The van der Waals surface area contributed by atoms with Gasteiger partial charge in [-0.05, 0) is 24.3 Å². The van der Waals surface area contributed by atoms with E-state index >= 15 is 0 Å². The molecule has 136 valence electrons. The molecule has 0 radical (unpaired) electrons. The molecular weight excluding hydrogens is 377 g/mol. The normalized spacial score (nSPS) is 10.8. The fourth-order valence-corrected chi connectivity index (χ4v) is 3.11. The van der Waals surface area contributed by atoms with Gasteiger partial charge in [0, 0.05) is 30.9 Å². The summed E-state index contributed by atoms with van der Waals surface area (Å²) in [5.41, 5.74) is 1.94. The SMILES string of the molecule is COc1ccc(C(=O)NCCc2cn3cc(Cl)cc(Cl)c3n2)cc1OC. The Hall–Kier alpha value is -2.44. The maximum Gasteiger partial charge on any atom is 0.251 e. The fourth-order valence-electron chi connectivity index (χ4n) is 2.58. The van der Waals surface area contributed by atoms with Crippen LogP contribution in [0.25, 0.3) is 5.65 Å². The minimum Gasteiger partial charge on any atom is -0.493 e. The van der Waals surface area contributed by atoms with Crippen LogP contribution < -0.4 is 14.8 Å². The maximum atomic E-state index is 12.3. The number of carbonyl (C=O) groups excluding carboxylic acids is 1. The molecule has 0 aliphatic rings. The summed E-state index contributed by atoms with van der Waals surface area (Å²) in [6.45, 7) is 0.433. The number of halogens is 2. The second-order valence-corrected chi connectivity index (χ2v) is 6.39. The van der Waals surface area contributed by atoms with E-state index in [2.05, 4.69) is 10.3 Å². The van der Waals surface area contributed by atoms with Crippen molar-refractivity contribution in [3.05, 3.63) is 58.0 Å². The van der Waals surface area contributed by atoms with Gasteiger partial charge in [-0.15, -0.1) is 0 Å². The Morgan fingerprint density at radius 3 is 2.65 bits per heavy atom. The molecule has 2 aromatic heterocycles. The lowest BCUT2D eigenvalue weighted by molar-refractivity contribution is 0.0953. The zero-order chi connectivity index (χ0) is 18.7. The molecular formula is C18H17Cl2N3O3. The first kappa shape index (κ1) is 18.4. The molecule has 1 N–H and O–H groups in total. The van der Waals surface area contributed by atoms with E-state index in [1.807, 2.05) is 6.20 Å². The molecule has 0 saturated carbocycles. The molecule has 0 unspecified atom stereocenters. The number of hydrogen-bond acceptors (Lipinski definition) is 4. The third kappa shape index (κ3) is 3.86. The molecule has 6 nitrogen and oxygen atoms in total. The molecule has 0 aliphatic carbocycles. The first-order valence-corrected chi connectivity index (χ1v) is 8.60. The number of ether oxygens (including phenoxy) is 2. The first-order valence-electron chi connectivity index (χ1n) is 7.84. The van der Waals surface area contributed by atoms with Crippen molar-refractivity contribution in [2.24, 2.45) is 0 Å². The number of nitrogens with one attached hydrogen (secondary N) is 1. The molecule has 26 heavy (non-hydrogen) atoms. The number of methoxy groups -OCH3 is 2. The van der Waals surface area contributed by atoms with E-state index in [1.54, 1.807) is 42.0 Å². The molecule has 1 aromatic carbocycles. The van der Waals surface area contributed by atoms with Crippen molar-refractivity contribution in [3.63, 3.8) is 0 Å². The largest absolute Gasteiger partial charge is 0.493 e. The summed E-state index contributed by atoms with van der Waals surface area (Å²) in [6, 6.07) is 6.67. The van der Waals surface area contributed by atoms with Crippen LogP contribution in [0.3, 0.4) is 0 Å². The van der Waals surface area contributed by atoms with Crippen LogP contribution >= 0.6 is 23.2 Å². The van der Waals surface area contributed by atoms with Crippen LogP contribution in [0, 0.1) is 0 Å². The van der Waals surface area contributed by atoms with Crippen molar-refractivity contribution < 1.29 is 14.3 Å². The third-order valence-corrected chi connectivity index (χ3v) is 4.32. The standard InChI is InChI=1S/C18H17Cl2N3O3/c1-25-15-4-3-11(7-16(15)26-2)18(24)21-6-5-13-10-23-9-12(19)8-14(20)17(23)22-13/h3-4,7-10H,5-6H2,1-2H3,(H,21,24). The van der Waals surface area contributed by atoms with Crippen LogP contribution in [-0.4, -0.2) is 36.1 Å². The average Bonchev–Trinajstić information content (AvgIpc) is 3.04. The molecule has 0 bridgehead atoms. The lowest BCUT2D eigenvalue weighted by atomic mass is 10.2. The van der Waals surface area contributed by atoms with Crippen molar-refractivity contribution in [2.45, 2.75) is 6.42 Å². The lowest BCUT2D eigenvalue weighted by Gasteiger charge is -2.09.